The van der Waals surface area contributed by atoms with Crippen LogP contribution < -0.4 is 29.5 Å². The predicted molar refractivity (Wildman–Crippen MR) is 163 cm³/mol. The van der Waals surface area contributed by atoms with E-state index in [0.29, 0.717) is 5.69 Å². The van der Waals surface area contributed by atoms with Gasteiger partial charge in [-0.1, -0.05) is 42.0 Å². The van der Waals surface area contributed by atoms with Crippen LogP contribution in [0.5, 0.6) is 0 Å². The van der Waals surface area contributed by atoms with Gasteiger partial charge in [0.15, 0.2) is 0 Å². The molecule has 1 aliphatic rings. The molecule has 0 spiro atoms. The standard InChI is InChI=1S/C31H36N4O6.Li.2H2O/c1-18-13-19(2)26(20(3)14-18)33-29(39)32-24-16-22-10-8-7-9-21(22)15-23(24)27(36)35-12-11-34(17-25(35)28(37)38)30(40)41-31(4,5)6;;;/h7-10,13-16,25H,11-12,17H2,1-6H3,(H,37,38)(H2,32,33,39);;2*1H2/q;+1;;/p-1/t25-;;;/m0.../s1. The maximum absolute atomic E-state index is 13.9. The molecule has 0 bridgehead atoms. The Balaban J connectivity index is 0.00000323. The fourth-order valence-electron chi connectivity index (χ4n) is 5.05. The second kappa shape index (κ2) is 15.1. The summed E-state index contributed by atoms with van der Waals surface area (Å²) >= 11 is 0. The molecule has 0 radical (unpaired) electrons. The molecule has 3 aromatic carbocycles. The number of aryl methyl sites for hydroxylation is 3. The maximum atomic E-state index is 13.9. The Morgan fingerprint density at radius 3 is 2.02 bits per heavy atom. The Morgan fingerprint density at radius 2 is 1.48 bits per heavy atom. The third-order valence-corrected chi connectivity index (χ3v) is 6.86. The first-order valence-corrected chi connectivity index (χ1v) is 13.4. The molecule has 6 N–H and O–H groups in total. The number of anilines is 2. The van der Waals surface area contributed by atoms with E-state index < -0.39 is 35.6 Å². The van der Waals surface area contributed by atoms with Crippen molar-refractivity contribution in [3.63, 3.8) is 0 Å². The van der Waals surface area contributed by atoms with Crippen LogP contribution in [0.2, 0.25) is 0 Å². The molecular formula is C31H39LiN4O8. The summed E-state index contributed by atoms with van der Waals surface area (Å²) in [4.78, 5) is 54.5. The van der Waals surface area contributed by atoms with E-state index >= 15 is 0 Å². The van der Waals surface area contributed by atoms with Crippen LogP contribution in [0.3, 0.4) is 0 Å². The Hall–Kier alpha value is -4.08. The van der Waals surface area contributed by atoms with Gasteiger partial charge in [0, 0.05) is 18.8 Å². The van der Waals surface area contributed by atoms with E-state index in [2.05, 4.69) is 10.6 Å². The van der Waals surface area contributed by atoms with Gasteiger partial charge < -0.3 is 41.2 Å². The number of carbonyl (C=O) groups excluding carboxylic acids is 3. The number of carbonyl (C=O) groups is 4. The van der Waals surface area contributed by atoms with Crippen LogP contribution in [0.4, 0.5) is 21.0 Å². The van der Waals surface area contributed by atoms with Crippen molar-refractivity contribution >= 4 is 46.1 Å². The van der Waals surface area contributed by atoms with Crippen LogP contribution in [0, 0.1) is 20.8 Å². The largest absolute Gasteiger partial charge is 1.00 e. The second-order valence-electron chi connectivity index (χ2n) is 11.4. The molecule has 0 unspecified atom stereocenters. The van der Waals surface area contributed by atoms with Gasteiger partial charge >= 0.3 is 37.0 Å². The average Bonchev–Trinajstić information content (AvgIpc) is 2.88. The monoisotopic (exact) mass is 602 g/mol. The van der Waals surface area contributed by atoms with Crippen LogP contribution in [0.15, 0.2) is 48.5 Å². The van der Waals surface area contributed by atoms with Crippen molar-refractivity contribution in [1.82, 2.24) is 9.80 Å². The summed E-state index contributed by atoms with van der Waals surface area (Å²) in [7, 11) is 0. The molecule has 1 saturated heterocycles. The summed E-state index contributed by atoms with van der Waals surface area (Å²) in [5.74, 6) is -1.81. The Kier molecular flexibility index (Phi) is 13.0. The van der Waals surface area contributed by atoms with Gasteiger partial charge in [-0.2, -0.15) is 0 Å². The van der Waals surface area contributed by atoms with Crippen LogP contribution in [0.1, 0.15) is 47.8 Å². The van der Waals surface area contributed by atoms with E-state index in [4.69, 9.17) is 4.74 Å². The summed E-state index contributed by atoms with van der Waals surface area (Å²) in [5, 5.41) is 17.3. The smallest absolute Gasteiger partial charge is 0.870 e. The fraction of sp³-hybridized carbons (Fsp3) is 0.355. The van der Waals surface area contributed by atoms with Gasteiger partial charge in [-0.15, -0.1) is 0 Å². The number of carboxylic acid groups (broad SMARTS) is 1. The number of nitrogens with zero attached hydrogens (tertiary/aromatic N) is 2. The van der Waals surface area contributed by atoms with E-state index in [1.807, 2.05) is 57.2 Å². The summed E-state index contributed by atoms with van der Waals surface area (Å²) in [6, 6.07) is 12.8. The van der Waals surface area contributed by atoms with Gasteiger partial charge in [0.2, 0.25) is 0 Å². The number of aliphatic carboxylic acids is 1. The first kappa shape index (κ1) is 37.9. The van der Waals surface area contributed by atoms with Crippen LogP contribution in [-0.4, -0.2) is 81.1 Å². The molecule has 13 heteroatoms. The van der Waals surface area contributed by atoms with Crippen LogP contribution >= 0.6 is 0 Å². The number of urea groups is 1. The van der Waals surface area contributed by atoms with Crippen molar-refractivity contribution in [2.45, 2.75) is 53.2 Å². The van der Waals surface area contributed by atoms with E-state index in [9.17, 15) is 24.3 Å². The molecule has 1 aliphatic heterocycles. The Morgan fingerprint density at radius 1 is 0.909 bits per heavy atom. The van der Waals surface area contributed by atoms with Crippen molar-refractivity contribution in [3.05, 3.63) is 70.8 Å². The first-order chi connectivity index (χ1) is 19.2. The summed E-state index contributed by atoms with van der Waals surface area (Å²) in [6.45, 7) is 10.8. The molecule has 44 heavy (non-hydrogen) atoms. The number of hydrogen-bond donors (Lipinski definition) is 3. The number of carboxylic acids is 1. The molecule has 4 rings (SSSR count). The number of amides is 4. The molecule has 4 amide bonds. The Labute approximate surface area is 268 Å². The van der Waals surface area contributed by atoms with E-state index in [1.54, 1.807) is 32.9 Å². The van der Waals surface area contributed by atoms with Gasteiger partial charge in [-0.25, -0.2) is 14.4 Å². The number of nitrogens with one attached hydrogen (secondary N) is 2. The predicted octanol–water partition coefficient (Wildman–Crippen LogP) is 1.56. The molecule has 0 aliphatic carbocycles. The van der Waals surface area contributed by atoms with Crippen LogP contribution in [-0.2, 0) is 9.53 Å². The number of piperazine rings is 1. The number of hydrogen-bond acceptors (Lipinski definition) is 6. The molecule has 3 aromatic rings. The van der Waals surface area contributed by atoms with Crippen molar-refractivity contribution in [3.8, 4) is 0 Å². The number of benzene rings is 3. The maximum Gasteiger partial charge on any atom is 1.00 e. The molecule has 232 valence electrons. The van der Waals surface area contributed by atoms with Crippen molar-refractivity contribution < 1.29 is 58.8 Å². The summed E-state index contributed by atoms with van der Waals surface area (Å²) in [6.07, 6.45) is -0.637. The average molecular weight is 603 g/mol. The molecule has 12 nitrogen and oxygen atoms in total. The number of ether oxygens (including phenoxy) is 1. The van der Waals surface area contributed by atoms with Gasteiger partial charge in [-0.3, -0.25) is 4.79 Å². The molecule has 0 aromatic heterocycles. The molecule has 0 saturated carbocycles. The SMILES string of the molecule is Cc1cc(C)c(NC(=O)Nc2cc3ccccc3cc2C(=O)N2CCN(C(=O)OC(C)(C)C)C[C@H]2C(=O)O)c(C)c1.O.[Li+].[OH-]. The topological polar surface area (TPSA) is 190 Å². The molecule has 1 heterocycles. The molecule has 1 atom stereocenters. The minimum Gasteiger partial charge on any atom is -0.870 e. The van der Waals surface area contributed by atoms with Gasteiger partial charge in [0.05, 0.1) is 17.8 Å². The van der Waals surface area contributed by atoms with Gasteiger partial charge in [-0.05, 0) is 75.6 Å². The minimum atomic E-state index is -1.30. The first-order valence-electron chi connectivity index (χ1n) is 13.4. The zero-order chi connectivity index (χ0) is 30.1. The minimum absolute atomic E-state index is 0. The van der Waals surface area contributed by atoms with Gasteiger partial charge in [0.1, 0.15) is 11.6 Å². The fourth-order valence-corrected chi connectivity index (χ4v) is 5.05. The third kappa shape index (κ3) is 8.73. The summed E-state index contributed by atoms with van der Waals surface area (Å²) < 4.78 is 5.40. The number of fused-ring (bicyclic) bond motifs is 1. The van der Waals surface area contributed by atoms with E-state index in [0.717, 1.165) is 27.5 Å². The second-order valence-corrected chi connectivity index (χ2v) is 11.4. The van der Waals surface area contributed by atoms with Gasteiger partial charge in [0.25, 0.3) is 5.91 Å². The van der Waals surface area contributed by atoms with E-state index in [-0.39, 0.29) is 60.7 Å². The molecule has 1 fully saturated rings. The molecular weight excluding hydrogens is 563 g/mol. The van der Waals surface area contributed by atoms with Crippen molar-refractivity contribution in [2.24, 2.45) is 0 Å². The normalized spacial score (nSPS) is 14.4. The summed E-state index contributed by atoms with van der Waals surface area (Å²) in [5.41, 5.74) is 3.20. The zero-order valence-corrected chi connectivity index (χ0v) is 26.1. The third-order valence-electron chi connectivity index (χ3n) is 6.86. The van der Waals surface area contributed by atoms with E-state index in [1.165, 1.54) is 9.80 Å². The quantitative estimate of drug-likeness (QED) is 0.378. The zero-order valence-electron chi connectivity index (χ0n) is 26.1. The Bertz CT molecular complexity index is 1520. The van der Waals surface area contributed by atoms with Crippen LogP contribution in [0.25, 0.3) is 10.8 Å². The number of rotatable bonds is 4. The van der Waals surface area contributed by atoms with Crippen molar-refractivity contribution in [1.29, 1.82) is 0 Å². The van der Waals surface area contributed by atoms with Crippen molar-refractivity contribution in [2.75, 3.05) is 30.3 Å².